The van der Waals surface area contributed by atoms with Crippen molar-refractivity contribution in [2.24, 2.45) is 11.8 Å². The van der Waals surface area contributed by atoms with E-state index < -0.39 is 10.0 Å². The molecule has 3 aliphatic heterocycles. The molecule has 0 aromatic heterocycles. The summed E-state index contributed by atoms with van der Waals surface area (Å²) >= 11 is 0. The van der Waals surface area contributed by atoms with Crippen LogP contribution in [0.4, 0.5) is 0 Å². The summed E-state index contributed by atoms with van der Waals surface area (Å²) in [5.74, 6) is 1.50. The molecule has 3 heterocycles. The molecule has 6 heteroatoms. The van der Waals surface area contributed by atoms with Gasteiger partial charge in [0.05, 0.1) is 16.5 Å². The maximum Gasteiger partial charge on any atom is 0.240 e. The highest BCUT2D eigenvalue weighted by Crippen LogP contribution is 2.37. The molecule has 1 aromatic carbocycles. The second kappa shape index (κ2) is 6.60. The summed E-state index contributed by atoms with van der Waals surface area (Å²) in [4.78, 5) is 2.60. The third kappa shape index (κ3) is 3.42. The van der Waals surface area contributed by atoms with E-state index in [0.29, 0.717) is 18.2 Å². The molecule has 4 rings (SSSR count). The van der Waals surface area contributed by atoms with Crippen LogP contribution in [0.15, 0.2) is 29.2 Å². The Bertz CT molecular complexity index is 711. The zero-order valence-electron chi connectivity index (χ0n) is 13.4. The summed E-state index contributed by atoms with van der Waals surface area (Å²) in [5, 5.41) is 8.91. The Morgan fingerprint density at radius 3 is 2.91 bits per heavy atom. The first kappa shape index (κ1) is 16.4. The van der Waals surface area contributed by atoms with Gasteiger partial charge in [0, 0.05) is 19.1 Å². The number of nitrogens with zero attached hydrogens (tertiary/aromatic N) is 2. The fourth-order valence-electron chi connectivity index (χ4n) is 3.95. The van der Waals surface area contributed by atoms with Crippen LogP contribution in [0.1, 0.15) is 31.7 Å². The topological polar surface area (TPSA) is 73.2 Å². The predicted molar refractivity (Wildman–Crippen MR) is 88.2 cm³/mol. The molecule has 0 saturated carbocycles. The molecule has 3 saturated heterocycles. The highest BCUT2D eigenvalue weighted by molar-refractivity contribution is 7.89. The van der Waals surface area contributed by atoms with Gasteiger partial charge in [-0.2, -0.15) is 5.26 Å². The summed E-state index contributed by atoms with van der Waals surface area (Å²) in [5.41, 5.74) is 0.360. The quantitative estimate of drug-likeness (QED) is 0.894. The highest BCUT2D eigenvalue weighted by Gasteiger charge is 2.39. The summed E-state index contributed by atoms with van der Waals surface area (Å²) in [6, 6.07) is 8.43. The Kier molecular flexibility index (Phi) is 4.72. The average molecular weight is 333 g/mol. The molecule has 124 valence electrons. The van der Waals surface area contributed by atoms with Crippen molar-refractivity contribution in [1.29, 1.82) is 5.26 Å². The molecule has 1 aromatic rings. The fraction of sp³-hybridized carbons (Fsp3) is 0.588. The van der Waals surface area contributed by atoms with Gasteiger partial charge in [-0.3, -0.25) is 4.90 Å². The van der Waals surface area contributed by atoms with Crippen LogP contribution in [0.2, 0.25) is 0 Å². The summed E-state index contributed by atoms with van der Waals surface area (Å²) in [7, 11) is -3.56. The SMILES string of the molecule is CC[C@@H]1CN2CC[C@H]1C[C@@H]2CNS(=O)(=O)c1cccc(C#N)c1. The zero-order valence-corrected chi connectivity index (χ0v) is 14.2. The zero-order chi connectivity index (χ0) is 16.4. The van der Waals surface area contributed by atoms with Gasteiger partial charge in [-0.1, -0.05) is 19.4 Å². The van der Waals surface area contributed by atoms with E-state index in [1.165, 1.54) is 25.0 Å². The normalized spacial score (nSPS) is 30.1. The van der Waals surface area contributed by atoms with Crippen molar-refractivity contribution in [3.05, 3.63) is 29.8 Å². The smallest absolute Gasteiger partial charge is 0.240 e. The second-order valence-electron chi connectivity index (χ2n) is 6.59. The molecule has 23 heavy (non-hydrogen) atoms. The summed E-state index contributed by atoms with van der Waals surface area (Å²) in [6.45, 7) is 4.87. The van der Waals surface area contributed by atoms with Gasteiger partial charge in [-0.05, 0) is 49.4 Å². The largest absolute Gasteiger partial charge is 0.299 e. The molecule has 2 bridgehead atoms. The van der Waals surface area contributed by atoms with Gasteiger partial charge >= 0.3 is 0 Å². The van der Waals surface area contributed by atoms with Crippen molar-refractivity contribution >= 4 is 10.0 Å². The minimum absolute atomic E-state index is 0.166. The lowest BCUT2D eigenvalue weighted by Crippen LogP contribution is -2.56. The number of benzene rings is 1. The summed E-state index contributed by atoms with van der Waals surface area (Å²) < 4.78 is 27.6. The average Bonchev–Trinajstić information content (AvgIpc) is 2.60. The summed E-state index contributed by atoms with van der Waals surface area (Å²) in [6.07, 6.45) is 3.53. The van der Waals surface area contributed by atoms with E-state index in [1.807, 2.05) is 6.07 Å². The Hall–Kier alpha value is -1.42. The van der Waals surface area contributed by atoms with Crippen LogP contribution in [0.3, 0.4) is 0 Å². The molecular weight excluding hydrogens is 310 g/mol. The number of fused-ring (bicyclic) bond motifs is 3. The molecule has 4 atom stereocenters. The number of hydrogen-bond acceptors (Lipinski definition) is 4. The minimum Gasteiger partial charge on any atom is -0.299 e. The maximum absolute atomic E-state index is 12.4. The number of piperidine rings is 3. The van der Waals surface area contributed by atoms with E-state index in [4.69, 9.17) is 5.26 Å². The van der Waals surface area contributed by atoms with Crippen molar-refractivity contribution in [1.82, 2.24) is 9.62 Å². The molecule has 1 unspecified atom stereocenters. The first-order valence-corrected chi connectivity index (χ1v) is 9.75. The minimum atomic E-state index is -3.56. The Morgan fingerprint density at radius 2 is 2.26 bits per heavy atom. The first-order chi connectivity index (χ1) is 11.0. The van der Waals surface area contributed by atoms with Gasteiger partial charge in [-0.15, -0.1) is 0 Å². The van der Waals surface area contributed by atoms with Crippen LogP contribution in [-0.2, 0) is 10.0 Å². The van der Waals surface area contributed by atoms with E-state index in [1.54, 1.807) is 12.1 Å². The van der Waals surface area contributed by atoms with Gasteiger partial charge in [0.25, 0.3) is 0 Å². The molecule has 0 radical (unpaired) electrons. The third-order valence-corrected chi connectivity index (χ3v) is 6.74. The van der Waals surface area contributed by atoms with Crippen molar-refractivity contribution in [2.75, 3.05) is 19.6 Å². The third-order valence-electron chi connectivity index (χ3n) is 5.32. The first-order valence-electron chi connectivity index (χ1n) is 8.27. The van der Waals surface area contributed by atoms with Crippen molar-refractivity contribution in [3.63, 3.8) is 0 Å². The van der Waals surface area contributed by atoms with Crippen LogP contribution >= 0.6 is 0 Å². The number of nitriles is 1. The van der Waals surface area contributed by atoms with E-state index in [0.717, 1.165) is 31.3 Å². The molecule has 5 nitrogen and oxygen atoms in total. The van der Waals surface area contributed by atoms with Crippen LogP contribution in [-0.4, -0.2) is 39.0 Å². The predicted octanol–water partition coefficient (Wildman–Crippen LogP) is 1.96. The van der Waals surface area contributed by atoms with Crippen LogP contribution < -0.4 is 4.72 Å². The molecule has 0 spiro atoms. The van der Waals surface area contributed by atoms with Gasteiger partial charge in [-0.25, -0.2) is 13.1 Å². The standard InChI is InChI=1S/C17H23N3O2S/c1-2-14-12-20-7-6-15(14)9-16(20)11-19-23(21,22)17-5-3-4-13(8-17)10-18/h3-5,8,14-16,19H,2,6-7,9,11-12H2,1H3/t14-,15+,16-/m1/s1. The molecule has 3 aliphatic rings. The second-order valence-corrected chi connectivity index (χ2v) is 8.36. The fourth-order valence-corrected chi connectivity index (χ4v) is 5.06. The Morgan fingerprint density at radius 1 is 1.43 bits per heavy atom. The van der Waals surface area contributed by atoms with E-state index in [-0.39, 0.29) is 4.90 Å². The number of sulfonamides is 1. The van der Waals surface area contributed by atoms with Crippen LogP contribution in [0, 0.1) is 23.2 Å². The maximum atomic E-state index is 12.4. The highest BCUT2D eigenvalue weighted by atomic mass is 32.2. The molecule has 0 amide bonds. The number of nitrogens with one attached hydrogen (secondary N) is 1. The van der Waals surface area contributed by atoms with Gasteiger partial charge in [0.15, 0.2) is 0 Å². The van der Waals surface area contributed by atoms with E-state index >= 15 is 0 Å². The van der Waals surface area contributed by atoms with Crippen LogP contribution in [0.5, 0.6) is 0 Å². The molecule has 0 aliphatic carbocycles. The van der Waals surface area contributed by atoms with Gasteiger partial charge in [0.2, 0.25) is 10.0 Å². The lowest BCUT2D eigenvalue weighted by atomic mass is 9.74. The number of rotatable bonds is 5. The van der Waals surface area contributed by atoms with Crippen LogP contribution in [0.25, 0.3) is 0 Å². The van der Waals surface area contributed by atoms with Crippen molar-refractivity contribution < 1.29 is 8.42 Å². The van der Waals surface area contributed by atoms with Gasteiger partial charge in [0.1, 0.15) is 0 Å². The molecular formula is C17H23N3O2S. The Balaban J connectivity index is 1.65. The Labute approximate surface area is 138 Å². The van der Waals surface area contributed by atoms with E-state index in [2.05, 4.69) is 16.5 Å². The lowest BCUT2D eigenvalue weighted by molar-refractivity contribution is 0.00236. The van der Waals surface area contributed by atoms with Crippen molar-refractivity contribution in [2.45, 2.75) is 37.1 Å². The number of hydrogen-bond donors (Lipinski definition) is 1. The van der Waals surface area contributed by atoms with E-state index in [9.17, 15) is 8.42 Å². The monoisotopic (exact) mass is 333 g/mol. The molecule has 3 fully saturated rings. The molecule has 1 N–H and O–H groups in total. The van der Waals surface area contributed by atoms with Gasteiger partial charge < -0.3 is 0 Å². The van der Waals surface area contributed by atoms with Crippen molar-refractivity contribution in [3.8, 4) is 6.07 Å². The lowest BCUT2D eigenvalue weighted by Gasteiger charge is -2.49.